The first-order valence-corrected chi connectivity index (χ1v) is 14.6. The molecular formula is C32H28Cl2N4O6. The van der Waals surface area contributed by atoms with Crippen molar-refractivity contribution in [3.05, 3.63) is 106 Å². The fraction of sp³-hybridized carbons (Fsp3) is 0.219. The van der Waals surface area contributed by atoms with E-state index >= 15 is 0 Å². The number of aromatic carboxylic acids is 1. The van der Waals surface area contributed by atoms with Crippen LogP contribution in [0.5, 0.6) is 17.4 Å². The zero-order valence-corrected chi connectivity index (χ0v) is 24.8. The summed E-state index contributed by atoms with van der Waals surface area (Å²) in [5.41, 5.74) is 1.27. The summed E-state index contributed by atoms with van der Waals surface area (Å²) in [5.74, 6) is -0.0619. The minimum absolute atomic E-state index is 0.0206. The number of ether oxygens (including phenoxy) is 2. The monoisotopic (exact) mass is 634 g/mol. The van der Waals surface area contributed by atoms with Gasteiger partial charge in [0.2, 0.25) is 11.8 Å². The lowest BCUT2D eigenvalue weighted by Gasteiger charge is -2.29. The molecule has 0 radical (unpaired) electrons. The molecular weight excluding hydrogens is 607 g/mol. The number of carbonyl (C=O) groups excluding carboxylic acids is 2. The Morgan fingerprint density at radius 1 is 0.886 bits per heavy atom. The molecule has 44 heavy (non-hydrogen) atoms. The van der Waals surface area contributed by atoms with Gasteiger partial charge in [-0.25, -0.2) is 14.8 Å². The molecule has 2 heterocycles. The van der Waals surface area contributed by atoms with Gasteiger partial charge >= 0.3 is 5.97 Å². The normalized spacial score (nSPS) is 16.0. The lowest BCUT2D eigenvalue weighted by molar-refractivity contribution is -0.115. The summed E-state index contributed by atoms with van der Waals surface area (Å²) in [6.07, 6.45) is 6.16. The van der Waals surface area contributed by atoms with Crippen LogP contribution in [0, 0.1) is 0 Å². The van der Waals surface area contributed by atoms with Crippen molar-refractivity contribution in [3.8, 4) is 17.4 Å². The van der Waals surface area contributed by atoms with E-state index in [0.29, 0.717) is 28.5 Å². The lowest BCUT2D eigenvalue weighted by Crippen LogP contribution is -2.39. The molecule has 5 rings (SSSR count). The van der Waals surface area contributed by atoms with Gasteiger partial charge in [-0.1, -0.05) is 41.4 Å². The van der Waals surface area contributed by atoms with E-state index in [1.165, 1.54) is 24.5 Å². The largest absolute Gasteiger partial charge is 0.490 e. The van der Waals surface area contributed by atoms with Gasteiger partial charge in [0.1, 0.15) is 16.7 Å². The summed E-state index contributed by atoms with van der Waals surface area (Å²) in [6.45, 7) is 0. The molecule has 1 aliphatic rings. The average Bonchev–Trinajstić information content (AvgIpc) is 3.01. The number of nitrogens with zero attached hydrogens (tertiary/aromatic N) is 2. The van der Waals surface area contributed by atoms with Crippen molar-refractivity contribution in [2.45, 2.75) is 44.2 Å². The quantitative estimate of drug-likeness (QED) is 0.166. The van der Waals surface area contributed by atoms with Crippen molar-refractivity contribution >= 4 is 46.7 Å². The number of amides is 2. The summed E-state index contributed by atoms with van der Waals surface area (Å²) in [4.78, 5) is 44.5. The average molecular weight is 636 g/mol. The predicted octanol–water partition coefficient (Wildman–Crippen LogP) is 6.58. The van der Waals surface area contributed by atoms with Gasteiger partial charge < -0.3 is 25.2 Å². The van der Waals surface area contributed by atoms with E-state index in [1.807, 2.05) is 12.1 Å². The Kier molecular flexibility index (Phi) is 9.93. The molecule has 2 aromatic carbocycles. The van der Waals surface area contributed by atoms with Gasteiger partial charge in [0.15, 0.2) is 0 Å². The van der Waals surface area contributed by atoms with E-state index in [1.54, 1.807) is 42.5 Å². The number of anilines is 1. The highest BCUT2D eigenvalue weighted by Crippen LogP contribution is 2.28. The molecule has 3 N–H and O–H groups in total. The zero-order chi connectivity index (χ0) is 31.1. The van der Waals surface area contributed by atoms with Gasteiger partial charge in [-0.05, 0) is 73.7 Å². The summed E-state index contributed by atoms with van der Waals surface area (Å²) >= 11 is 11.8. The van der Waals surface area contributed by atoms with E-state index < -0.39 is 5.97 Å². The Morgan fingerprint density at radius 3 is 2.30 bits per heavy atom. The number of benzene rings is 2. The maximum Gasteiger partial charge on any atom is 0.337 e. The Morgan fingerprint density at radius 2 is 1.61 bits per heavy atom. The first-order valence-electron chi connectivity index (χ1n) is 13.9. The number of halogens is 2. The molecule has 1 fully saturated rings. The first kappa shape index (κ1) is 30.8. The van der Waals surface area contributed by atoms with Crippen LogP contribution in [0.1, 0.15) is 52.0 Å². The molecule has 0 aliphatic heterocycles. The molecule has 0 bridgehead atoms. The number of pyridine rings is 2. The van der Waals surface area contributed by atoms with Crippen molar-refractivity contribution < 1.29 is 29.0 Å². The third kappa shape index (κ3) is 8.24. The molecule has 2 amide bonds. The number of carboxylic acids is 1. The highest BCUT2D eigenvalue weighted by atomic mass is 35.5. The number of rotatable bonds is 10. The van der Waals surface area contributed by atoms with Crippen LogP contribution in [0.2, 0.25) is 10.2 Å². The molecule has 1 aliphatic carbocycles. The van der Waals surface area contributed by atoms with Gasteiger partial charge in [0.25, 0.3) is 5.91 Å². The van der Waals surface area contributed by atoms with E-state index in [-0.39, 0.29) is 51.8 Å². The molecule has 0 saturated heterocycles. The van der Waals surface area contributed by atoms with Gasteiger partial charge in [0, 0.05) is 24.5 Å². The highest BCUT2D eigenvalue weighted by Gasteiger charge is 2.24. The Bertz CT molecular complexity index is 1640. The maximum absolute atomic E-state index is 12.5. The van der Waals surface area contributed by atoms with Gasteiger partial charge in [-0.15, -0.1) is 0 Å². The van der Waals surface area contributed by atoms with Crippen molar-refractivity contribution in [2.75, 3.05) is 5.32 Å². The number of carboxylic acid groups (broad SMARTS) is 1. The van der Waals surface area contributed by atoms with Crippen LogP contribution in [0.15, 0.2) is 79.1 Å². The van der Waals surface area contributed by atoms with E-state index in [4.69, 9.17) is 32.7 Å². The van der Waals surface area contributed by atoms with E-state index in [2.05, 4.69) is 20.6 Å². The standard InChI is InChI=1S/C32H28Cl2N4O6/c33-26-16-20(18-36-30(26)34)31(40)37-21-6-8-22(9-7-21)43-23-10-12-24(13-11-23)44-29-14-5-19(17-35-29)15-28(39)38-27-4-2-1-3-25(27)32(41)42/h1-5,10-14,16-18,21-22H,6-9,15H2,(H,37,40)(H,38,39)(H,41,42). The van der Waals surface area contributed by atoms with Gasteiger partial charge in [0.05, 0.1) is 34.4 Å². The highest BCUT2D eigenvalue weighted by molar-refractivity contribution is 6.41. The van der Waals surface area contributed by atoms with Crippen molar-refractivity contribution in [3.63, 3.8) is 0 Å². The lowest BCUT2D eigenvalue weighted by atomic mass is 9.92. The predicted molar refractivity (Wildman–Crippen MR) is 165 cm³/mol. The van der Waals surface area contributed by atoms with Crippen LogP contribution >= 0.6 is 23.2 Å². The van der Waals surface area contributed by atoms with Gasteiger partial charge in [-0.3, -0.25) is 9.59 Å². The second-order valence-electron chi connectivity index (χ2n) is 10.2. The van der Waals surface area contributed by atoms with Gasteiger partial charge in [-0.2, -0.15) is 0 Å². The van der Waals surface area contributed by atoms with Crippen molar-refractivity contribution in [1.82, 2.24) is 15.3 Å². The van der Waals surface area contributed by atoms with Crippen molar-refractivity contribution in [2.24, 2.45) is 0 Å². The smallest absolute Gasteiger partial charge is 0.337 e. The number of aromatic nitrogens is 2. The third-order valence-corrected chi connectivity index (χ3v) is 7.70. The summed E-state index contributed by atoms with van der Waals surface area (Å²) in [7, 11) is 0. The van der Waals surface area contributed by atoms with E-state index in [0.717, 1.165) is 25.7 Å². The van der Waals surface area contributed by atoms with Crippen LogP contribution in [0.4, 0.5) is 5.69 Å². The third-order valence-electron chi connectivity index (χ3n) is 7.01. The van der Waals surface area contributed by atoms with Crippen LogP contribution in [-0.2, 0) is 11.2 Å². The number of para-hydroxylation sites is 1. The fourth-order valence-corrected chi connectivity index (χ4v) is 5.04. The molecule has 226 valence electrons. The molecule has 10 nitrogen and oxygen atoms in total. The second kappa shape index (κ2) is 14.2. The Balaban J connectivity index is 1.06. The molecule has 0 spiro atoms. The maximum atomic E-state index is 12.5. The zero-order valence-electron chi connectivity index (χ0n) is 23.3. The number of carbonyl (C=O) groups is 3. The van der Waals surface area contributed by atoms with Crippen LogP contribution in [0.3, 0.4) is 0 Å². The topological polar surface area (TPSA) is 140 Å². The molecule has 12 heteroatoms. The molecule has 0 unspecified atom stereocenters. The summed E-state index contributed by atoms with van der Waals surface area (Å²) < 4.78 is 12.0. The molecule has 2 aromatic heterocycles. The minimum Gasteiger partial charge on any atom is -0.490 e. The molecule has 4 aromatic rings. The fourth-order valence-electron chi connectivity index (χ4n) is 4.77. The van der Waals surface area contributed by atoms with Crippen LogP contribution < -0.4 is 20.1 Å². The number of hydrogen-bond acceptors (Lipinski definition) is 7. The number of nitrogens with one attached hydrogen (secondary N) is 2. The molecule has 1 saturated carbocycles. The van der Waals surface area contributed by atoms with E-state index in [9.17, 15) is 19.5 Å². The van der Waals surface area contributed by atoms with Crippen LogP contribution in [-0.4, -0.2) is 45.0 Å². The second-order valence-corrected chi connectivity index (χ2v) is 11.0. The molecule has 0 atom stereocenters. The number of hydrogen-bond donors (Lipinski definition) is 3. The Labute approximate surface area is 263 Å². The first-order chi connectivity index (χ1) is 21.2. The SMILES string of the molecule is O=C(Cc1ccc(Oc2ccc(OC3CCC(NC(=O)c4cnc(Cl)c(Cl)c4)CC3)cc2)nc1)Nc1ccccc1C(=O)O. The Hall–Kier alpha value is -4.67. The van der Waals surface area contributed by atoms with Crippen molar-refractivity contribution in [1.29, 1.82) is 0 Å². The minimum atomic E-state index is -1.12. The summed E-state index contributed by atoms with van der Waals surface area (Å²) in [5, 5.41) is 15.3. The van der Waals surface area contributed by atoms with Crippen LogP contribution in [0.25, 0.3) is 0 Å². The summed E-state index contributed by atoms with van der Waals surface area (Å²) in [6, 6.07) is 18.4.